The molecule has 1 fully saturated rings. The molecule has 2 rings (SSSR count). The van der Waals surface area contributed by atoms with E-state index in [9.17, 15) is 20.0 Å². The van der Waals surface area contributed by atoms with Gasteiger partial charge in [0.05, 0.1) is 0 Å². The number of carboxylic acids is 1. The Morgan fingerprint density at radius 1 is 1.30 bits per heavy atom. The van der Waals surface area contributed by atoms with E-state index in [0.717, 1.165) is 19.3 Å². The van der Waals surface area contributed by atoms with Gasteiger partial charge < -0.3 is 15.3 Å². The van der Waals surface area contributed by atoms with Crippen LogP contribution >= 0.6 is 0 Å². The largest absolute Gasteiger partial charge is 0.480 e. The van der Waals surface area contributed by atoms with Crippen molar-refractivity contribution in [3.05, 3.63) is 47.7 Å². The molecule has 1 aromatic carbocycles. The van der Waals surface area contributed by atoms with Gasteiger partial charge in [-0.25, -0.2) is 4.79 Å². The van der Waals surface area contributed by atoms with Gasteiger partial charge in [-0.1, -0.05) is 44.2 Å². The van der Waals surface area contributed by atoms with Gasteiger partial charge in [-0.2, -0.15) is 5.26 Å². The molecule has 144 valence electrons. The van der Waals surface area contributed by atoms with Crippen molar-refractivity contribution in [1.29, 1.82) is 5.26 Å². The monoisotopic (exact) mass is 369 g/mol. The normalized spacial score (nSPS) is 16.7. The van der Waals surface area contributed by atoms with Crippen LogP contribution in [0.5, 0.6) is 0 Å². The van der Waals surface area contributed by atoms with E-state index in [-0.39, 0.29) is 17.4 Å². The molecule has 1 aliphatic rings. The molecule has 1 aromatic rings. The summed E-state index contributed by atoms with van der Waals surface area (Å²) in [4.78, 5) is 25.5. The minimum atomic E-state index is -1.01. The van der Waals surface area contributed by atoms with E-state index in [4.69, 9.17) is 0 Å². The maximum Gasteiger partial charge on any atom is 0.326 e. The van der Waals surface area contributed by atoms with Gasteiger partial charge in [0, 0.05) is 19.3 Å². The van der Waals surface area contributed by atoms with Gasteiger partial charge in [0.2, 0.25) is 0 Å². The zero-order valence-electron chi connectivity index (χ0n) is 15.9. The summed E-state index contributed by atoms with van der Waals surface area (Å²) in [6, 6.07) is 11.4. The van der Waals surface area contributed by atoms with Crippen LogP contribution in [-0.4, -0.2) is 41.0 Å². The zero-order valence-corrected chi connectivity index (χ0v) is 15.9. The molecule has 0 saturated carbocycles. The van der Waals surface area contributed by atoms with Crippen molar-refractivity contribution >= 4 is 11.9 Å². The molecule has 1 aliphatic heterocycles. The number of hydrogen-bond donors (Lipinski definition) is 2. The van der Waals surface area contributed by atoms with Gasteiger partial charge in [-0.05, 0) is 36.7 Å². The molecule has 1 saturated heterocycles. The van der Waals surface area contributed by atoms with Crippen molar-refractivity contribution in [2.45, 2.75) is 39.2 Å². The lowest BCUT2D eigenvalue weighted by atomic mass is 9.90. The van der Waals surface area contributed by atoms with Crippen LogP contribution in [0.1, 0.15) is 32.3 Å². The predicted octanol–water partition coefficient (Wildman–Crippen LogP) is 2.57. The summed E-state index contributed by atoms with van der Waals surface area (Å²) in [6.45, 7) is 4.76. The molecule has 6 nitrogen and oxygen atoms in total. The first-order valence-corrected chi connectivity index (χ1v) is 9.34. The second kappa shape index (κ2) is 9.77. The van der Waals surface area contributed by atoms with Gasteiger partial charge in [-0.3, -0.25) is 4.79 Å². The summed E-state index contributed by atoms with van der Waals surface area (Å²) in [5, 5.41) is 21.2. The fourth-order valence-electron chi connectivity index (χ4n) is 3.32. The number of benzene rings is 1. The number of hydrogen-bond acceptors (Lipinski definition) is 4. The lowest BCUT2D eigenvalue weighted by molar-refractivity contribution is -0.140. The average Bonchev–Trinajstić information content (AvgIpc) is 2.65. The highest BCUT2D eigenvalue weighted by Gasteiger charge is 2.26. The van der Waals surface area contributed by atoms with Gasteiger partial charge in [0.25, 0.3) is 5.91 Å². The number of carboxylic acid groups (broad SMARTS) is 1. The van der Waals surface area contributed by atoms with Crippen molar-refractivity contribution in [2.24, 2.45) is 11.8 Å². The van der Waals surface area contributed by atoms with E-state index in [1.165, 1.54) is 11.8 Å². The molecule has 6 heteroatoms. The van der Waals surface area contributed by atoms with E-state index >= 15 is 0 Å². The topological polar surface area (TPSA) is 93.4 Å². The van der Waals surface area contributed by atoms with Crippen LogP contribution < -0.4 is 5.32 Å². The molecule has 27 heavy (non-hydrogen) atoms. The average molecular weight is 369 g/mol. The van der Waals surface area contributed by atoms with Crippen molar-refractivity contribution in [3.8, 4) is 6.07 Å². The number of amides is 1. The number of nitrogens with zero attached hydrogens (tertiary/aromatic N) is 2. The number of likely N-dealkylation sites (tertiary alicyclic amines) is 1. The Balaban J connectivity index is 1.92. The second-order valence-electron chi connectivity index (χ2n) is 7.32. The van der Waals surface area contributed by atoms with E-state index in [2.05, 4.69) is 17.4 Å². The summed E-state index contributed by atoms with van der Waals surface area (Å²) in [5.74, 6) is -0.979. The SMILES string of the molecule is CC(C)C(N/C=C(/C#N)C(=O)N1CCC(Cc2ccccc2)CC1)C(=O)O. The summed E-state index contributed by atoms with van der Waals surface area (Å²) >= 11 is 0. The van der Waals surface area contributed by atoms with Crippen LogP contribution in [0.3, 0.4) is 0 Å². The highest BCUT2D eigenvalue weighted by Crippen LogP contribution is 2.22. The highest BCUT2D eigenvalue weighted by molar-refractivity contribution is 5.97. The molecule has 1 unspecified atom stereocenters. The molecule has 0 radical (unpaired) electrons. The third kappa shape index (κ3) is 5.85. The Bertz CT molecular complexity index is 714. The van der Waals surface area contributed by atoms with E-state index in [1.54, 1.807) is 18.7 Å². The van der Waals surface area contributed by atoms with Crippen LogP contribution in [0.4, 0.5) is 0 Å². The number of aliphatic carboxylic acids is 1. The molecule has 0 spiro atoms. The maximum atomic E-state index is 12.6. The Morgan fingerprint density at radius 2 is 1.93 bits per heavy atom. The van der Waals surface area contributed by atoms with Crippen molar-refractivity contribution in [3.63, 3.8) is 0 Å². The second-order valence-corrected chi connectivity index (χ2v) is 7.32. The third-order valence-electron chi connectivity index (χ3n) is 4.96. The number of carbonyl (C=O) groups is 2. The molecular weight excluding hydrogens is 342 g/mol. The van der Waals surface area contributed by atoms with E-state index in [0.29, 0.717) is 19.0 Å². The summed E-state index contributed by atoms with van der Waals surface area (Å²) in [7, 11) is 0. The number of piperidine rings is 1. The first kappa shape index (κ1) is 20.5. The number of rotatable bonds is 7. The van der Waals surface area contributed by atoms with Gasteiger partial charge in [0.15, 0.2) is 0 Å². The van der Waals surface area contributed by atoms with Crippen molar-refractivity contribution in [1.82, 2.24) is 10.2 Å². The van der Waals surface area contributed by atoms with Gasteiger partial charge >= 0.3 is 5.97 Å². The molecule has 0 bridgehead atoms. The Labute approximate surface area is 160 Å². The van der Waals surface area contributed by atoms with Crippen LogP contribution in [0.2, 0.25) is 0 Å². The fourth-order valence-corrected chi connectivity index (χ4v) is 3.32. The third-order valence-corrected chi connectivity index (χ3v) is 4.96. The van der Waals surface area contributed by atoms with Crippen LogP contribution in [-0.2, 0) is 16.0 Å². The molecule has 0 aromatic heterocycles. The molecule has 1 amide bonds. The lowest BCUT2D eigenvalue weighted by Gasteiger charge is -2.32. The molecule has 1 atom stereocenters. The number of carbonyl (C=O) groups excluding carboxylic acids is 1. The number of nitrogens with one attached hydrogen (secondary N) is 1. The Kier molecular flexibility index (Phi) is 7.42. The molecule has 2 N–H and O–H groups in total. The zero-order chi connectivity index (χ0) is 19.8. The first-order valence-electron chi connectivity index (χ1n) is 9.34. The lowest BCUT2D eigenvalue weighted by Crippen LogP contribution is -2.41. The Morgan fingerprint density at radius 3 is 2.44 bits per heavy atom. The standard InChI is InChI=1S/C21H27N3O3/c1-15(2)19(21(26)27)23-14-18(13-22)20(25)24-10-8-17(9-11-24)12-16-6-4-3-5-7-16/h3-7,14-15,17,19,23H,8-12H2,1-2H3,(H,26,27)/b18-14-. The molecule has 0 aliphatic carbocycles. The van der Waals surface area contributed by atoms with Gasteiger partial charge in [-0.15, -0.1) is 0 Å². The minimum Gasteiger partial charge on any atom is -0.480 e. The quantitative estimate of drug-likeness (QED) is 0.569. The highest BCUT2D eigenvalue weighted by atomic mass is 16.4. The van der Waals surface area contributed by atoms with E-state index < -0.39 is 12.0 Å². The van der Waals surface area contributed by atoms with Crippen molar-refractivity contribution in [2.75, 3.05) is 13.1 Å². The summed E-state index contributed by atoms with van der Waals surface area (Å²) in [6.07, 6.45) is 4.05. The number of nitriles is 1. The smallest absolute Gasteiger partial charge is 0.326 e. The Hall–Kier alpha value is -2.81. The molecule has 1 heterocycles. The van der Waals surface area contributed by atoms with Crippen LogP contribution in [0.25, 0.3) is 0 Å². The van der Waals surface area contributed by atoms with E-state index in [1.807, 2.05) is 24.3 Å². The predicted molar refractivity (Wildman–Crippen MR) is 103 cm³/mol. The minimum absolute atomic E-state index is 0.0524. The van der Waals surface area contributed by atoms with Crippen LogP contribution in [0, 0.1) is 23.2 Å². The first-order chi connectivity index (χ1) is 12.9. The summed E-state index contributed by atoms with van der Waals surface area (Å²) < 4.78 is 0. The van der Waals surface area contributed by atoms with Gasteiger partial charge in [0.1, 0.15) is 17.7 Å². The summed E-state index contributed by atoms with van der Waals surface area (Å²) in [5.41, 5.74) is 1.25. The molecular formula is C21H27N3O3. The van der Waals surface area contributed by atoms with Crippen LogP contribution in [0.15, 0.2) is 42.1 Å². The fraction of sp³-hybridized carbons (Fsp3) is 0.476. The maximum absolute atomic E-state index is 12.6. The van der Waals surface area contributed by atoms with Crippen molar-refractivity contribution < 1.29 is 14.7 Å².